The van der Waals surface area contributed by atoms with Gasteiger partial charge in [0.05, 0.1) is 23.4 Å². The predicted molar refractivity (Wildman–Crippen MR) is 84.5 cm³/mol. The SMILES string of the molecule is COC1CCN(CC(=O)Nc2ccccc2Cl)C(CN)C1. The maximum absolute atomic E-state index is 12.2. The summed E-state index contributed by atoms with van der Waals surface area (Å²) in [6, 6.07) is 7.40. The Morgan fingerprint density at radius 3 is 2.95 bits per heavy atom. The van der Waals surface area contributed by atoms with Gasteiger partial charge >= 0.3 is 0 Å². The van der Waals surface area contributed by atoms with E-state index in [1.807, 2.05) is 12.1 Å². The van der Waals surface area contributed by atoms with Crippen molar-refractivity contribution < 1.29 is 9.53 Å². The zero-order valence-corrected chi connectivity index (χ0v) is 13.0. The highest BCUT2D eigenvalue weighted by Gasteiger charge is 2.28. The van der Waals surface area contributed by atoms with Gasteiger partial charge in [-0.15, -0.1) is 0 Å². The van der Waals surface area contributed by atoms with Gasteiger partial charge in [0, 0.05) is 26.2 Å². The van der Waals surface area contributed by atoms with Crippen LogP contribution in [-0.4, -0.2) is 49.7 Å². The number of nitrogens with two attached hydrogens (primary N) is 1. The first-order valence-corrected chi connectivity index (χ1v) is 7.53. The minimum atomic E-state index is -0.0718. The number of anilines is 1. The van der Waals surface area contributed by atoms with E-state index in [4.69, 9.17) is 22.1 Å². The number of benzene rings is 1. The highest BCUT2D eigenvalue weighted by molar-refractivity contribution is 6.33. The van der Waals surface area contributed by atoms with Crippen LogP contribution in [0, 0.1) is 0 Å². The third-order valence-corrected chi connectivity index (χ3v) is 4.22. The van der Waals surface area contributed by atoms with E-state index in [0.717, 1.165) is 19.4 Å². The molecule has 1 heterocycles. The van der Waals surface area contributed by atoms with Crippen molar-refractivity contribution in [2.75, 3.05) is 32.1 Å². The molecule has 0 radical (unpaired) electrons. The maximum Gasteiger partial charge on any atom is 0.238 e. The molecule has 1 aliphatic heterocycles. The molecule has 1 saturated heterocycles. The summed E-state index contributed by atoms with van der Waals surface area (Å²) < 4.78 is 5.39. The molecule has 0 bridgehead atoms. The molecule has 0 aliphatic carbocycles. The Labute approximate surface area is 130 Å². The average molecular weight is 312 g/mol. The first-order chi connectivity index (χ1) is 10.1. The number of amides is 1. The fourth-order valence-electron chi connectivity index (χ4n) is 2.67. The lowest BCUT2D eigenvalue weighted by molar-refractivity contribution is -0.118. The Morgan fingerprint density at radius 2 is 2.29 bits per heavy atom. The van der Waals surface area contributed by atoms with Crippen LogP contribution in [0.2, 0.25) is 5.02 Å². The van der Waals surface area contributed by atoms with E-state index in [1.165, 1.54) is 0 Å². The number of rotatable bonds is 5. The van der Waals surface area contributed by atoms with Gasteiger partial charge in [0.2, 0.25) is 5.91 Å². The third kappa shape index (κ3) is 4.41. The molecule has 3 N–H and O–H groups in total. The standard InChI is InChI=1S/C15H22ClN3O2/c1-21-12-6-7-19(11(8-12)9-17)10-15(20)18-14-5-3-2-4-13(14)16/h2-5,11-12H,6-10,17H2,1H3,(H,18,20). The zero-order chi connectivity index (χ0) is 15.2. The topological polar surface area (TPSA) is 67.6 Å². The van der Waals surface area contributed by atoms with Gasteiger partial charge in [-0.05, 0) is 25.0 Å². The molecule has 5 nitrogen and oxygen atoms in total. The molecule has 2 unspecified atom stereocenters. The monoisotopic (exact) mass is 311 g/mol. The number of hydrogen-bond donors (Lipinski definition) is 2. The van der Waals surface area contributed by atoms with Crippen molar-refractivity contribution in [3.8, 4) is 0 Å². The van der Waals surface area contributed by atoms with E-state index in [9.17, 15) is 4.79 Å². The summed E-state index contributed by atoms with van der Waals surface area (Å²) in [6.45, 7) is 1.67. The Kier molecular flexibility index (Phi) is 5.99. The van der Waals surface area contributed by atoms with Crippen molar-refractivity contribution >= 4 is 23.2 Å². The molecular formula is C15H22ClN3O2. The van der Waals surface area contributed by atoms with Gasteiger partial charge in [0.1, 0.15) is 0 Å². The number of para-hydroxylation sites is 1. The Morgan fingerprint density at radius 1 is 1.52 bits per heavy atom. The minimum Gasteiger partial charge on any atom is -0.381 e. The van der Waals surface area contributed by atoms with Crippen molar-refractivity contribution in [3.63, 3.8) is 0 Å². The molecule has 0 aromatic heterocycles. The van der Waals surface area contributed by atoms with Crippen LogP contribution in [0.15, 0.2) is 24.3 Å². The lowest BCUT2D eigenvalue weighted by Gasteiger charge is -2.37. The first-order valence-electron chi connectivity index (χ1n) is 7.15. The maximum atomic E-state index is 12.2. The molecule has 1 aromatic rings. The van der Waals surface area contributed by atoms with E-state index >= 15 is 0 Å². The van der Waals surface area contributed by atoms with Crippen LogP contribution in [0.1, 0.15) is 12.8 Å². The summed E-state index contributed by atoms with van der Waals surface area (Å²) in [4.78, 5) is 14.3. The van der Waals surface area contributed by atoms with E-state index in [2.05, 4.69) is 10.2 Å². The number of methoxy groups -OCH3 is 1. The van der Waals surface area contributed by atoms with Crippen LogP contribution in [-0.2, 0) is 9.53 Å². The van der Waals surface area contributed by atoms with E-state index in [-0.39, 0.29) is 18.1 Å². The second-order valence-corrected chi connectivity index (χ2v) is 5.68. The zero-order valence-electron chi connectivity index (χ0n) is 12.2. The lowest BCUT2D eigenvalue weighted by Crippen LogP contribution is -2.50. The summed E-state index contributed by atoms with van der Waals surface area (Å²) in [5.41, 5.74) is 6.45. The lowest BCUT2D eigenvalue weighted by atomic mass is 9.99. The number of piperidine rings is 1. The molecule has 2 rings (SSSR count). The predicted octanol–water partition coefficient (Wildman–Crippen LogP) is 1.72. The number of nitrogens with zero attached hydrogens (tertiary/aromatic N) is 1. The molecule has 1 fully saturated rings. The number of halogens is 1. The van der Waals surface area contributed by atoms with Gasteiger partial charge in [-0.2, -0.15) is 0 Å². The molecule has 21 heavy (non-hydrogen) atoms. The molecule has 116 valence electrons. The minimum absolute atomic E-state index is 0.0718. The summed E-state index contributed by atoms with van der Waals surface area (Å²) in [5, 5.41) is 3.38. The largest absolute Gasteiger partial charge is 0.381 e. The summed E-state index contributed by atoms with van der Waals surface area (Å²) >= 11 is 6.04. The van der Waals surface area contributed by atoms with Crippen LogP contribution >= 0.6 is 11.6 Å². The van der Waals surface area contributed by atoms with Gasteiger partial charge < -0.3 is 15.8 Å². The van der Waals surface area contributed by atoms with Crippen molar-refractivity contribution in [3.05, 3.63) is 29.3 Å². The molecule has 1 amide bonds. The van der Waals surface area contributed by atoms with Crippen molar-refractivity contribution in [1.82, 2.24) is 4.90 Å². The van der Waals surface area contributed by atoms with Crippen LogP contribution in [0.25, 0.3) is 0 Å². The second kappa shape index (κ2) is 7.75. The average Bonchev–Trinajstić information content (AvgIpc) is 2.50. The van der Waals surface area contributed by atoms with Gasteiger partial charge in [-0.3, -0.25) is 9.69 Å². The van der Waals surface area contributed by atoms with Gasteiger partial charge in [-0.25, -0.2) is 0 Å². The quantitative estimate of drug-likeness (QED) is 0.869. The Balaban J connectivity index is 1.91. The van der Waals surface area contributed by atoms with Crippen molar-refractivity contribution in [2.45, 2.75) is 25.0 Å². The fourth-order valence-corrected chi connectivity index (χ4v) is 2.85. The van der Waals surface area contributed by atoms with E-state index in [1.54, 1.807) is 19.2 Å². The number of ether oxygens (including phenoxy) is 1. The first kappa shape index (κ1) is 16.2. The molecule has 0 saturated carbocycles. The summed E-state index contributed by atoms with van der Waals surface area (Å²) in [5.74, 6) is -0.0718. The molecular weight excluding hydrogens is 290 g/mol. The van der Waals surface area contributed by atoms with Gasteiger partial charge in [0.25, 0.3) is 0 Å². The molecule has 1 aromatic carbocycles. The third-order valence-electron chi connectivity index (χ3n) is 3.89. The van der Waals surface area contributed by atoms with Crippen molar-refractivity contribution in [2.24, 2.45) is 5.73 Å². The number of likely N-dealkylation sites (tertiary alicyclic amines) is 1. The number of nitrogens with one attached hydrogen (secondary N) is 1. The molecule has 1 aliphatic rings. The smallest absolute Gasteiger partial charge is 0.238 e. The second-order valence-electron chi connectivity index (χ2n) is 5.27. The van der Waals surface area contributed by atoms with E-state index < -0.39 is 0 Å². The van der Waals surface area contributed by atoms with Gasteiger partial charge in [-0.1, -0.05) is 23.7 Å². The highest BCUT2D eigenvalue weighted by Crippen LogP contribution is 2.22. The molecule has 2 atom stereocenters. The number of hydrogen-bond acceptors (Lipinski definition) is 4. The van der Waals surface area contributed by atoms with Gasteiger partial charge in [0.15, 0.2) is 0 Å². The molecule has 6 heteroatoms. The van der Waals surface area contributed by atoms with Crippen LogP contribution in [0.4, 0.5) is 5.69 Å². The highest BCUT2D eigenvalue weighted by atomic mass is 35.5. The molecule has 0 spiro atoms. The normalized spacial score (nSPS) is 23.0. The van der Waals surface area contributed by atoms with Crippen molar-refractivity contribution in [1.29, 1.82) is 0 Å². The van der Waals surface area contributed by atoms with Crippen LogP contribution < -0.4 is 11.1 Å². The van der Waals surface area contributed by atoms with Crippen LogP contribution in [0.3, 0.4) is 0 Å². The Bertz CT molecular complexity index is 484. The summed E-state index contributed by atoms with van der Waals surface area (Å²) in [7, 11) is 1.72. The van der Waals surface area contributed by atoms with E-state index in [0.29, 0.717) is 23.8 Å². The Hall–Kier alpha value is -1.14. The van der Waals surface area contributed by atoms with Crippen LogP contribution in [0.5, 0.6) is 0 Å². The number of carbonyl (C=O) groups is 1. The summed E-state index contributed by atoms with van der Waals surface area (Å²) in [6.07, 6.45) is 2.03. The number of carbonyl (C=O) groups excluding carboxylic acids is 1. The fraction of sp³-hybridized carbons (Fsp3) is 0.533.